The van der Waals surface area contributed by atoms with E-state index in [2.05, 4.69) is 16.8 Å². The summed E-state index contributed by atoms with van der Waals surface area (Å²) < 4.78 is 0. The smallest absolute Gasteiger partial charge is 0.307 e. The number of rotatable bonds is 20. The zero-order chi connectivity index (χ0) is 21.0. The quantitative estimate of drug-likeness (QED) is 0.224. The molecule has 0 aromatic carbocycles. The topological polar surface area (TPSA) is 69.6 Å². The maximum absolute atomic E-state index is 11.9. The molecule has 28 heavy (non-hydrogen) atoms. The monoisotopic (exact) mass is 396 g/mol. The summed E-state index contributed by atoms with van der Waals surface area (Å²) in [5.41, 5.74) is 0. The van der Waals surface area contributed by atoms with Crippen LogP contribution in [0.15, 0.2) is 12.7 Å². The van der Waals surface area contributed by atoms with Gasteiger partial charge in [0.05, 0.1) is 5.92 Å². The highest BCUT2D eigenvalue weighted by Gasteiger charge is 2.20. The Hall–Kier alpha value is -1.36. The number of hydrogen-bond donors (Lipinski definition) is 2. The predicted octanol–water partition coefficient (Wildman–Crippen LogP) is 5.01. The Labute approximate surface area is 173 Å². The maximum atomic E-state index is 11.9. The molecule has 1 atom stereocenters. The first-order valence-corrected chi connectivity index (χ1v) is 11.2. The second-order valence-electron chi connectivity index (χ2n) is 8.15. The molecule has 0 heterocycles. The van der Waals surface area contributed by atoms with Crippen LogP contribution in [0.4, 0.5) is 0 Å². The van der Waals surface area contributed by atoms with E-state index in [-0.39, 0.29) is 12.3 Å². The maximum Gasteiger partial charge on any atom is 0.307 e. The van der Waals surface area contributed by atoms with Gasteiger partial charge in [-0.25, -0.2) is 0 Å². The number of unbranched alkanes of at least 4 members (excludes halogenated alkanes) is 10. The molecule has 2 N–H and O–H groups in total. The van der Waals surface area contributed by atoms with Gasteiger partial charge in [0.25, 0.3) is 0 Å². The van der Waals surface area contributed by atoms with Crippen LogP contribution in [0.25, 0.3) is 0 Å². The fourth-order valence-corrected chi connectivity index (χ4v) is 3.33. The van der Waals surface area contributed by atoms with Crippen LogP contribution in [0.3, 0.4) is 0 Å². The van der Waals surface area contributed by atoms with Gasteiger partial charge in [-0.15, -0.1) is 6.58 Å². The summed E-state index contributed by atoms with van der Waals surface area (Å²) in [4.78, 5) is 25.4. The van der Waals surface area contributed by atoms with Crippen LogP contribution in [-0.4, -0.2) is 49.1 Å². The van der Waals surface area contributed by atoms with Gasteiger partial charge in [-0.3, -0.25) is 9.59 Å². The van der Waals surface area contributed by atoms with E-state index in [0.29, 0.717) is 13.0 Å². The molecule has 1 amide bonds. The van der Waals surface area contributed by atoms with Crippen LogP contribution in [0.2, 0.25) is 0 Å². The Morgan fingerprint density at radius 2 is 1.46 bits per heavy atom. The third-order valence-electron chi connectivity index (χ3n) is 5.10. The van der Waals surface area contributed by atoms with Crippen molar-refractivity contribution in [3.63, 3.8) is 0 Å². The summed E-state index contributed by atoms with van der Waals surface area (Å²) in [6.07, 6.45) is 16.9. The van der Waals surface area contributed by atoms with Gasteiger partial charge in [0.2, 0.25) is 5.91 Å². The first-order chi connectivity index (χ1) is 13.5. The van der Waals surface area contributed by atoms with Gasteiger partial charge in [-0.05, 0) is 46.3 Å². The molecule has 0 spiro atoms. The minimum atomic E-state index is -0.847. The molecule has 0 aliphatic carbocycles. The van der Waals surface area contributed by atoms with Crippen molar-refractivity contribution in [2.45, 2.75) is 89.9 Å². The van der Waals surface area contributed by atoms with Gasteiger partial charge in [-0.2, -0.15) is 0 Å². The van der Waals surface area contributed by atoms with Crippen molar-refractivity contribution in [1.29, 1.82) is 0 Å². The number of nitrogens with zero attached hydrogens (tertiary/aromatic N) is 1. The molecular weight excluding hydrogens is 352 g/mol. The van der Waals surface area contributed by atoms with Gasteiger partial charge < -0.3 is 15.3 Å². The number of carbonyl (C=O) groups is 2. The Morgan fingerprint density at radius 1 is 0.929 bits per heavy atom. The summed E-state index contributed by atoms with van der Waals surface area (Å²) >= 11 is 0. The molecule has 0 rings (SSSR count). The van der Waals surface area contributed by atoms with E-state index >= 15 is 0 Å². The zero-order valence-corrected chi connectivity index (χ0v) is 18.4. The molecule has 0 saturated heterocycles. The van der Waals surface area contributed by atoms with Gasteiger partial charge in [0, 0.05) is 13.0 Å². The molecule has 0 aromatic heterocycles. The lowest BCUT2D eigenvalue weighted by molar-refractivity contribution is -0.144. The minimum Gasteiger partial charge on any atom is -0.481 e. The van der Waals surface area contributed by atoms with E-state index in [1.807, 2.05) is 20.2 Å². The Morgan fingerprint density at radius 3 is 1.96 bits per heavy atom. The molecule has 0 bridgehead atoms. The van der Waals surface area contributed by atoms with E-state index in [9.17, 15) is 14.7 Å². The van der Waals surface area contributed by atoms with Gasteiger partial charge >= 0.3 is 5.97 Å². The van der Waals surface area contributed by atoms with Crippen molar-refractivity contribution in [1.82, 2.24) is 10.2 Å². The van der Waals surface area contributed by atoms with Crippen molar-refractivity contribution in [2.24, 2.45) is 5.92 Å². The molecule has 0 radical (unpaired) electrons. The molecule has 0 aromatic rings. The SMILES string of the molecule is C=CCCCCCCCCCCCCC(CC(=O)NCCCN(C)C)C(=O)O. The van der Waals surface area contributed by atoms with Crippen molar-refractivity contribution >= 4 is 11.9 Å². The average molecular weight is 397 g/mol. The summed E-state index contributed by atoms with van der Waals surface area (Å²) in [6, 6.07) is 0. The Balaban J connectivity index is 3.64. The molecule has 0 aliphatic rings. The number of carboxylic acid groups (broad SMARTS) is 1. The van der Waals surface area contributed by atoms with Crippen LogP contribution >= 0.6 is 0 Å². The highest BCUT2D eigenvalue weighted by molar-refractivity contribution is 5.82. The van der Waals surface area contributed by atoms with Gasteiger partial charge in [0.1, 0.15) is 0 Å². The first-order valence-electron chi connectivity index (χ1n) is 11.2. The lowest BCUT2D eigenvalue weighted by atomic mass is 9.96. The average Bonchev–Trinajstić information content (AvgIpc) is 2.64. The van der Waals surface area contributed by atoms with Crippen molar-refractivity contribution in [3.05, 3.63) is 12.7 Å². The molecule has 0 fully saturated rings. The standard InChI is InChI=1S/C23H44N2O3/c1-4-5-6-7-8-9-10-11-12-13-14-15-17-21(23(27)28)20-22(26)24-18-16-19-25(2)3/h4,21H,1,5-20H2,2-3H3,(H,24,26)(H,27,28). The molecule has 0 saturated carbocycles. The van der Waals surface area contributed by atoms with Gasteiger partial charge in [-0.1, -0.05) is 63.9 Å². The first kappa shape index (κ1) is 26.6. The number of allylic oxidation sites excluding steroid dienone is 1. The van der Waals surface area contributed by atoms with Crippen molar-refractivity contribution < 1.29 is 14.7 Å². The van der Waals surface area contributed by atoms with Crippen LogP contribution in [0.1, 0.15) is 89.9 Å². The molecule has 1 unspecified atom stereocenters. The normalized spacial score (nSPS) is 12.1. The number of carbonyl (C=O) groups excluding carboxylic acids is 1. The lowest BCUT2D eigenvalue weighted by Crippen LogP contribution is -2.30. The number of nitrogens with one attached hydrogen (secondary N) is 1. The second kappa shape index (κ2) is 19.0. The molecule has 5 nitrogen and oxygen atoms in total. The Kier molecular flexibility index (Phi) is 18.1. The van der Waals surface area contributed by atoms with E-state index in [1.165, 1.54) is 51.4 Å². The largest absolute Gasteiger partial charge is 0.481 e. The molecule has 0 aliphatic heterocycles. The number of carboxylic acids is 1. The number of amides is 1. The number of aliphatic carboxylic acids is 1. The Bertz CT molecular complexity index is 411. The third-order valence-corrected chi connectivity index (χ3v) is 5.10. The number of hydrogen-bond acceptors (Lipinski definition) is 3. The van der Waals surface area contributed by atoms with E-state index in [0.717, 1.165) is 32.2 Å². The van der Waals surface area contributed by atoms with Crippen LogP contribution in [0, 0.1) is 5.92 Å². The fraction of sp³-hybridized carbons (Fsp3) is 0.826. The van der Waals surface area contributed by atoms with Crippen molar-refractivity contribution in [3.8, 4) is 0 Å². The van der Waals surface area contributed by atoms with Crippen molar-refractivity contribution in [2.75, 3.05) is 27.2 Å². The van der Waals surface area contributed by atoms with E-state index in [1.54, 1.807) is 0 Å². The molecular formula is C23H44N2O3. The summed E-state index contributed by atoms with van der Waals surface area (Å²) in [7, 11) is 3.99. The third kappa shape index (κ3) is 18.0. The summed E-state index contributed by atoms with van der Waals surface area (Å²) in [5, 5.41) is 12.2. The van der Waals surface area contributed by atoms with Gasteiger partial charge in [0.15, 0.2) is 0 Å². The predicted molar refractivity (Wildman–Crippen MR) is 118 cm³/mol. The summed E-state index contributed by atoms with van der Waals surface area (Å²) in [6.45, 7) is 5.27. The fourth-order valence-electron chi connectivity index (χ4n) is 3.33. The van der Waals surface area contributed by atoms with Crippen LogP contribution < -0.4 is 5.32 Å². The van der Waals surface area contributed by atoms with E-state index < -0.39 is 11.9 Å². The summed E-state index contributed by atoms with van der Waals surface area (Å²) in [5.74, 6) is -1.54. The zero-order valence-electron chi connectivity index (χ0n) is 18.4. The molecule has 164 valence electrons. The molecule has 5 heteroatoms. The minimum absolute atomic E-state index is 0.100. The van der Waals surface area contributed by atoms with Crippen LogP contribution in [0.5, 0.6) is 0 Å². The highest BCUT2D eigenvalue weighted by Crippen LogP contribution is 2.16. The van der Waals surface area contributed by atoms with Crippen LogP contribution in [-0.2, 0) is 9.59 Å². The lowest BCUT2D eigenvalue weighted by Gasteiger charge is -2.13. The van der Waals surface area contributed by atoms with E-state index in [4.69, 9.17) is 0 Å². The second-order valence-corrected chi connectivity index (χ2v) is 8.15. The highest BCUT2D eigenvalue weighted by atomic mass is 16.4.